The van der Waals surface area contributed by atoms with Crippen molar-refractivity contribution in [1.82, 2.24) is 9.97 Å². The highest BCUT2D eigenvalue weighted by Crippen LogP contribution is 2.36. The summed E-state index contributed by atoms with van der Waals surface area (Å²) >= 11 is 0. The lowest BCUT2D eigenvalue weighted by molar-refractivity contribution is 0.229. The summed E-state index contributed by atoms with van der Waals surface area (Å²) in [7, 11) is 0. The standard InChI is InChI=1S/C15H26N4/c1-4-6-12-13(16)17-10-18-14(12)19-11-7-5-8-15(2,3)9-11/h10-11H,4-9H2,1-3H3,(H3,16,17,18,19). The highest BCUT2D eigenvalue weighted by Gasteiger charge is 2.28. The molecule has 0 aromatic carbocycles. The van der Waals surface area contributed by atoms with Crippen LogP contribution in [0.3, 0.4) is 0 Å². The van der Waals surface area contributed by atoms with Gasteiger partial charge in [0.05, 0.1) is 0 Å². The molecule has 1 heterocycles. The smallest absolute Gasteiger partial charge is 0.134 e. The van der Waals surface area contributed by atoms with Crippen molar-refractivity contribution in [2.24, 2.45) is 5.41 Å². The van der Waals surface area contributed by atoms with Crippen molar-refractivity contribution in [3.8, 4) is 0 Å². The first-order valence-electron chi connectivity index (χ1n) is 7.38. The molecule has 0 amide bonds. The lowest BCUT2D eigenvalue weighted by Gasteiger charge is -2.36. The number of hydrogen-bond acceptors (Lipinski definition) is 4. The fourth-order valence-electron chi connectivity index (χ4n) is 3.06. The van der Waals surface area contributed by atoms with Crippen LogP contribution in [0.5, 0.6) is 0 Å². The fraction of sp³-hybridized carbons (Fsp3) is 0.733. The van der Waals surface area contributed by atoms with E-state index in [0.29, 0.717) is 17.3 Å². The summed E-state index contributed by atoms with van der Waals surface area (Å²) in [6.45, 7) is 6.85. The van der Waals surface area contributed by atoms with E-state index >= 15 is 0 Å². The van der Waals surface area contributed by atoms with Crippen LogP contribution in [-0.4, -0.2) is 16.0 Å². The van der Waals surface area contributed by atoms with Gasteiger partial charge in [0, 0.05) is 11.6 Å². The largest absolute Gasteiger partial charge is 0.383 e. The molecule has 0 saturated heterocycles. The number of nitrogens with zero attached hydrogens (tertiary/aromatic N) is 2. The maximum atomic E-state index is 5.97. The highest BCUT2D eigenvalue weighted by molar-refractivity contribution is 5.55. The first-order chi connectivity index (χ1) is 9.02. The van der Waals surface area contributed by atoms with Crippen molar-refractivity contribution in [3.63, 3.8) is 0 Å². The molecule has 1 aromatic rings. The van der Waals surface area contributed by atoms with Crippen LogP contribution in [0.4, 0.5) is 11.6 Å². The molecule has 1 atom stereocenters. The minimum absolute atomic E-state index is 0.430. The zero-order valence-electron chi connectivity index (χ0n) is 12.4. The zero-order chi connectivity index (χ0) is 13.9. The third-order valence-electron chi connectivity index (χ3n) is 4.02. The Balaban J connectivity index is 2.12. The van der Waals surface area contributed by atoms with Crippen LogP contribution in [-0.2, 0) is 6.42 Å². The van der Waals surface area contributed by atoms with Crippen LogP contribution in [0.2, 0.25) is 0 Å². The van der Waals surface area contributed by atoms with E-state index in [0.717, 1.165) is 24.2 Å². The molecule has 1 fully saturated rings. The fourth-order valence-corrected chi connectivity index (χ4v) is 3.06. The van der Waals surface area contributed by atoms with Crippen molar-refractivity contribution < 1.29 is 0 Å². The average Bonchev–Trinajstić information content (AvgIpc) is 2.32. The van der Waals surface area contributed by atoms with Crippen molar-refractivity contribution >= 4 is 11.6 Å². The lowest BCUT2D eigenvalue weighted by atomic mass is 9.75. The van der Waals surface area contributed by atoms with Crippen LogP contribution in [0, 0.1) is 5.41 Å². The zero-order valence-corrected chi connectivity index (χ0v) is 12.4. The lowest BCUT2D eigenvalue weighted by Crippen LogP contribution is -2.32. The molecule has 0 aliphatic heterocycles. The molecule has 0 spiro atoms. The van der Waals surface area contributed by atoms with Gasteiger partial charge in [0.25, 0.3) is 0 Å². The van der Waals surface area contributed by atoms with Gasteiger partial charge in [-0.3, -0.25) is 0 Å². The molecular formula is C15H26N4. The van der Waals surface area contributed by atoms with Gasteiger partial charge in [0.2, 0.25) is 0 Å². The predicted octanol–water partition coefficient (Wildman–Crippen LogP) is 3.39. The Labute approximate surface area is 116 Å². The first kappa shape index (κ1) is 14.1. The molecule has 0 bridgehead atoms. The number of nitrogen functional groups attached to an aromatic ring is 1. The van der Waals surface area contributed by atoms with E-state index in [1.165, 1.54) is 25.7 Å². The topological polar surface area (TPSA) is 63.8 Å². The maximum absolute atomic E-state index is 5.97. The molecule has 1 unspecified atom stereocenters. The van der Waals surface area contributed by atoms with Gasteiger partial charge in [-0.25, -0.2) is 9.97 Å². The minimum atomic E-state index is 0.430. The Hall–Kier alpha value is -1.32. The monoisotopic (exact) mass is 262 g/mol. The molecule has 19 heavy (non-hydrogen) atoms. The van der Waals surface area contributed by atoms with Gasteiger partial charge in [-0.1, -0.05) is 33.6 Å². The van der Waals surface area contributed by atoms with Crippen molar-refractivity contribution in [2.45, 2.75) is 65.3 Å². The third kappa shape index (κ3) is 3.58. The summed E-state index contributed by atoms with van der Waals surface area (Å²) in [4.78, 5) is 8.50. The van der Waals surface area contributed by atoms with Crippen LogP contribution < -0.4 is 11.1 Å². The van der Waals surface area contributed by atoms with Gasteiger partial charge in [-0.05, 0) is 31.1 Å². The predicted molar refractivity (Wildman–Crippen MR) is 80.1 cm³/mol. The molecule has 1 aliphatic carbocycles. The van der Waals surface area contributed by atoms with Gasteiger partial charge in [0.15, 0.2) is 0 Å². The SMILES string of the molecule is CCCc1c(N)ncnc1NC1CCCC(C)(C)C1. The molecule has 4 heteroatoms. The van der Waals surface area contributed by atoms with E-state index < -0.39 is 0 Å². The summed E-state index contributed by atoms with van der Waals surface area (Å²) in [5.74, 6) is 1.56. The number of rotatable bonds is 4. The number of nitrogens with two attached hydrogens (primary N) is 1. The summed E-state index contributed by atoms with van der Waals surface area (Å²) < 4.78 is 0. The Morgan fingerprint density at radius 1 is 1.42 bits per heavy atom. The molecule has 1 aliphatic rings. The maximum Gasteiger partial charge on any atom is 0.134 e. The summed E-state index contributed by atoms with van der Waals surface area (Å²) in [5.41, 5.74) is 7.48. The van der Waals surface area contributed by atoms with E-state index in [9.17, 15) is 0 Å². The quantitative estimate of drug-likeness (QED) is 0.873. The second-order valence-corrected chi connectivity index (χ2v) is 6.44. The molecular weight excluding hydrogens is 236 g/mol. The Morgan fingerprint density at radius 3 is 2.89 bits per heavy atom. The summed E-state index contributed by atoms with van der Waals surface area (Å²) in [5, 5.41) is 3.60. The van der Waals surface area contributed by atoms with E-state index in [1.54, 1.807) is 6.33 Å². The van der Waals surface area contributed by atoms with Crippen LogP contribution in [0.25, 0.3) is 0 Å². The van der Waals surface area contributed by atoms with Crippen molar-refractivity contribution in [1.29, 1.82) is 0 Å². The number of anilines is 2. The minimum Gasteiger partial charge on any atom is -0.383 e. The average molecular weight is 262 g/mol. The van der Waals surface area contributed by atoms with Crippen LogP contribution in [0.1, 0.15) is 58.4 Å². The number of aromatic nitrogens is 2. The van der Waals surface area contributed by atoms with Crippen molar-refractivity contribution in [2.75, 3.05) is 11.1 Å². The Kier molecular flexibility index (Phi) is 4.27. The normalized spacial score (nSPS) is 22.2. The van der Waals surface area contributed by atoms with Gasteiger partial charge in [0.1, 0.15) is 18.0 Å². The number of hydrogen-bond donors (Lipinski definition) is 2. The Morgan fingerprint density at radius 2 is 2.21 bits per heavy atom. The molecule has 2 rings (SSSR count). The Bertz CT molecular complexity index is 428. The van der Waals surface area contributed by atoms with Crippen LogP contribution in [0.15, 0.2) is 6.33 Å². The van der Waals surface area contributed by atoms with Gasteiger partial charge >= 0.3 is 0 Å². The van der Waals surface area contributed by atoms with E-state index in [-0.39, 0.29) is 0 Å². The van der Waals surface area contributed by atoms with Crippen molar-refractivity contribution in [3.05, 3.63) is 11.9 Å². The highest BCUT2D eigenvalue weighted by atomic mass is 15.1. The molecule has 1 aromatic heterocycles. The second-order valence-electron chi connectivity index (χ2n) is 6.44. The molecule has 0 radical (unpaired) electrons. The second kappa shape index (κ2) is 5.76. The third-order valence-corrected chi connectivity index (χ3v) is 4.02. The molecule has 3 N–H and O–H groups in total. The van der Waals surface area contributed by atoms with Gasteiger partial charge in [-0.15, -0.1) is 0 Å². The summed E-state index contributed by atoms with van der Waals surface area (Å²) in [6.07, 6.45) is 8.58. The van der Waals surface area contributed by atoms with E-state index in [2.05, 4.69) is 36.1 Å². The van der Waals surface area contributed by atoms with Gasteiger partial charge in [-0.2, -0.15) is 0 Å². The number of nitrogens with one attached hydrogen (secondary N) is 1. The first-order valence-corrected chi connectivity index (χ1v) is 7.38. The van der Waals surface area contributed by atoms with E-state index in [4.69, 9.17) is 5.73 Å². The molecule has 1 saturated carbocycles. The molecule has 106 valence electrons. The van der Waals surface area contributed by atoms with Crippen LogP contribution >= 0.6 is 0 Å². The van der Waals surface area contributed by atoms with E-state index in [1.807, 2.05) is 0 Å². The summed E-state index contributed by atoms with van der Waals surface area (Å²) in [6, 6.07) is 0.508. The molecule has 4 nitrogen and oxygen atoms in total. The van der Waals surface area contributed by atoms with Gasteiger partial charge < -0.3 is 11.1 Å².